The van der Waals surface area contributed by atoms with Crippen molar-refractivity contribution in [3.63, 3.8) is 0 Å². The van der Waals surface area contributed by atoms with E-state index in [1.165, 1.54) is 154 Å². The maximum absolute atomic E-state index is 2.49. The van der Waals surface area contributed by atoms with E-state index in [0.717, 1.165) is 5.92 Å². The van der Waals surface area contributed by atoms with Gasteiger partial charge in [0.25, 0.3) is 0 Å². The molecular weight excluding hydrogens is 360 g/mol. The third-order valence-corrected chi connectivity index (χ3v) is 6.76. The summed E-state index contributed by atoms with van der Waals surface area (Å²) in [6, 6.07) is 0. The van der Waals surface area contributed by atoms with Crippen LogP contribution in [0, 0.1) is 5.92 Å². The summed E-state index contributed by atoms with van der Waals surface area (Å²) in [4.78, 5) is 0. The summed E-state index contributed by atoms with van der Waals surface area (Å²) in [5.41, 5.74) is 0. The third-order valence-electron chi connectivity index (χ3n) is 6.76. The highest BCUT2D eigenvalue weighted by Gasteiger charge is 2.02. The van der Waals surface area contributed by atoms with Crippen molar-refractivity contribution in [2.75, 3.05) is 0 Å². The van der Waals surface area contributed by atoms with Crippen LogP contribution in [0.1, 0.15) is 175 Å². The first-order valence-corrected chi connectivity index (χ1v) is 14.5. The average molecular weight is 421 g/mol. The molecule has 0 aromatic rings. The van der Waals surface area contributed by atoms with Gasteiger partial charge >= 0.3 is 0 Å². The van der Waals surface area contributed by atoms with Crippen molar-refractivity contribution in [1.82, 2.24) is 0 Å². The Morgan fingerprint density at radius 2 is 0.700 bits per heavy atom. The zero-order valence-electron chi connectivity index (χ0n) is 21.7. The highest BCUT2D eigenvalue weighted by atomic mass is 14.1. The van der Waals surface area contributed by atoms with Crippen LogP contribution in [0.5, 0.6) is 0 Å². The Kier molecular flexibility index (Phi) is 26.5. The van der Waals surface area contributed by atoms with Crippen molar-refractivity contribution in [2.24, 2.45) is 5.92 Å². The highest BCUT2D eigenvalue weighted by molar-refractivity contribution is 4.81. The first-order chi connectivity index (χ1) is 14.8. The first kappa shape index (κ1) is 29.7. The number of rotatable bonds is 25. The minimum Gasteiger partial charge on any atom is -0.0885 e. The Balaban J connectivity index is 3.18. The number of hydrogen-bond donors (Lipinski definition) is 0. The molecule has 0 saturated carbocycles. The van der Waals surface area contributed by atoms with Gasteiger partial charge < -0.3 is 0 Å². The summed E-state index contributed by atoms with van der Waals surface area (Å²) in [7, 11) is 0. The summed E-state index contributed by atoms with van der Waals surface area (Å²) < 4.78 is 0. The minimum absolute atomic E-state index is 0.955. The fraction of sp³-hybridized carbons (Fsp3) is 0.933. The summed E-state index contributed by atoms with van der Waals surface area (Å²) in [6.45, 7) is 7.08. The molecule has 0 saturated heterocycles. The molecule has 180 valence electrons. The van der Waals surface area contributed by atoms with E-state index in [0.29, 0.717) is 0 Å². The fourth-order valence-corrected chi connectivity index (χ4v) is 4.51. The molecule has 0 aliphatic rings. The predicted molar refractivity (Wildman–Crippen MR) is 140 cm³/mol. The molecule has 0 radical (unpaired) electrons. The van der Waals surface area contributed by atoms with E-state index in [4.69, 9.17) is 0 Å². The average Bonchev–Trinajstić information content (AvgIpc) is 2.75. The number of hydrogen-bond acceptors (Lipinski definition) is 0. The largest absolute Gasteiger partial charge is 0.0885 e. The molecule has 0 heteroatoms. The van der Waals surface area contributed by atoms with Gasteiger partial charge in [-0.05, 0) is 31.6 Å². The molecule has 0 aliphatic heterocycles. The van der Waals surface area contributed by atoms with Crippen molar-refractivity contribution < 1.29 is 0 Å². The van der Waals surface area contributed by atoms with E-state index >= 15 is 0 Å². The molecular formula is C30H60. The van der Waals surface area contributed by atoms with E-state index in [2.05, 4.69) is 32.9 Å². The second kappa shape index (κ2) is 26.8. The van der Waals surface area contributed by atoms with Crippen LogP contribution >= 0.6 is 0 Å². The molecule has 0 bridgehead atoms. The quantitative estimate of drug-likeness (QED) is 0.102. The van der Waals surface area contributed by atoms with E-state index in [9.17, 15) is 0 Å². The summed E-state index contributed by atoms with van der Waals surface area (Å²) in [6.07, 6.45) is 39.3. The molecule has 0 aromatic heterocycles. The maximum Gasteiger partial charge on any atom is -0.0351 e. The van der Waals surface area contributed by atoms with Crippen molar-refractivity contribution >= 4 is 0 Å². The van der Waals surface area contributed by atoms with Gasteiger partial charge in [-0.1, -0.05) is 161 Å². The summed E-state index contributed by atoms with van der Waals surface area (Å²) in [5, 5.41) is 0. The lowest BCUT2D eigenvalue weighted by atomic mass is 9.96. The molecule has 1 atom stereocenters. The van der Waals surface area contributed by atoms with Gasteiger partial charge in [0.1, 0.15) is 0 Å². The Labute approximate surface area is 193 Å². The molecule has 0 fully saturated rings. The number of allylic oxidation sites excluding steroid dienone is 2. The lowest BCUT2D eigenvalue weighted by Crippen LogP contribution is -1.95. The summed E-state index contributed by atoms with van der Waals surface area (Å²) in [5.74, 6) is 0.955. The molecule has 1 unspecified atom stereocenters. The normalized spacial score (nSPS) is 12.8. The van der Waals surface area contributed by atoms with E-state index in [-0.39, 0.29) is 0 Å². The Morgan fingerprint density at radius 1 is 0.400 bits per heavy atom. The lowest BCUT2D eigenvalue weighted by Gasteiger charge is -2.11. The molecule has 0 nitrogen and oxygen atoms in total. The molecule has 0 rings (SSSR count). The highest BCUT2D eigenvalue weighted by Crippen LogP contribution is 2.19. The topological polar surface area (TPSA) is 0 Å². The van der Waals surface area contributed by atoms with Crippen molar-refractivity contribution in [1.29, 1.82) is 0 Å². The zero-order chi connectivity index (χ0) is 22.0. The van der Waals surface area contributed by atoms with Crippen molar-refractivity contribution in [2.45, 2.75) is 175 Å². The van der Waals surface area contributed by atoms with E-state index < -0.39 is 0 Å². The van der Waals surface area contributed by atoms with Crippen LogP contribution in [0.4, 0.5) is 0 Å². The molecule has 0 aromatic carbocycles. The maximum atomic E-state index is 2.49. The van der Waals surface area contributed by atoms with Crippen LogP contribution in [0.25, 0.3) is 0 Å². The van der Waals surface area contributed by atoms with Crippen LogP contribution < -0.4 is 0 Å². The summed E-state index contributed by atoms with van der Waals surface area (Å²) >= 11 is 0. The van der Waals surface area contributed by atoms with Crippen LogP contribution in [0.2, 0.25) is 0 Å². The predicted octanol–water partition coefficient (Wildman–Crippen LogP) is 11.6. The van der Waals surface area contributed by atoms with Gasteiger partial charge in [0.2, 0.25) is 0 Å². The van der Waals surface area contributed by atoms with Gasteiger partial charge in [0.05, 0.1) is 0 Å². The molecule has 0 N–H and O–H groups in total. The fourth-order valence-electron chi connectivity index (χ4n) is 4.51. The second-order valence-electron chi connectivity index (χ2n) is 10.1. The van der Waals surface area contributed by atoms with Crippen LogP contribution in [-0.2, 0) is 0 Å². The van der Waals surface area contributed by atoms with Crippen molar-refractivity contribution in [3.8, 4) is 0 Å². The molecule has 0 amide bonds. The van der Waals surface area contributed by atoms with Gasteiger partial charge in [-0.15, -0.1) is 0 Å². The number of unbranched alkanes of at least 4 members (excludes halogenated alkanes) is 19. The molecule has 0 heterocycles. The monoisotopic (exact) mass is 420 g/mol. The van der Waals surface area contributed by atoms with E-state index in [1.807, 2.05) is 0 Å². The van der Waals surface area contributed by atoms with Gasteiger partial charge in [-0.25, -0.2) is 0 Å². The molecule has 0 spiro atoms. The lowest BCUT2D eigenvalue weighted by molar-refractivity contribution is 0.432. The minimum atomic E-state index is 0.955. The van der Waals surface area contributed by atoms with Crippen LogP contribution in [0.3, 0.4) is 0 Å². The second-order valence-corrected chi connectivity index (χ2v) is 10.1. The Morgan fingerprint density at radius 3 is 1.10 bits per heavy atom. The van der Waals surface area contributed by atoms with Gasteiger partial charge in [0, 0.05) is 0 Å². The van der Waals surface area contributed by atoms with Crippen LogP contribution in [0.15, 0.2) is 12.2 Å². The first-order valence-electron chi connectivity index (χ1n) is 14.5. The zero-order valence-corrected chi connectivity index (χ0v) is 21.7. The third kappa shape index (κ3) is 25.8. The van der Waals surface area contributed by atoms with Gasteiger partial charge in [-0.3, -0.25) is 0 Å². The Hall–Kier alpha value is -0.260. The smallest absolute Gasteiger partial charge is 0.0351 e. The van der Waals surface area contributed by atoms with Gasteiger partial charge in [-0.2, -0.15) is 0 Å². The Bertz CT molecular complexity index is 316. The SMILES string of the molecule is CCCCCC/C=C\CCCCCCC(C)CCCCCCCCCCCCCC. The molecule has 0 aliphatic carbocycles. The standard InChI is InChI=1S/C30H60/c1-4-6-8-10-12-14-16-18-20-22-24-26-28-30(3)29-27-25-23-21-19-17-15-13-11-9-7-5-2/h14,16,30H,4-13,15,17-29H2,1-3H3/b16-14-. The molecule has 30 heavy (non-hydrogen) atoms. The van der Waals surface area contributed by atoms with Crippen molar-refractivity contribution in [3.05, 3.63) is 12.2 Å². The van der Waals surface area contributed by atoms with Crippen LogP contribution in [-0.4, -0.2) is 0 Å². The van der Waals surface area contributed by atoms with Gasteiger partial charge in [0.15, 0.2) is 0 Å². The van der Waals surface area contributed by atoms with E-state index in [1.54, 1.807) is 0 Å².